The van der Waals surface area contributed by atoms with E-state index in [2.05, 4.69) is 15.2 Å². The number of nitrogens with one attached hydrogen (secondary N) is 2. The van der Waals surface area contributed by atoms with Gasteiger partial charge < -0.3 is 29.4 Å². The van der Waals surface area contributed by atoms with Crippen molar-refractivity contribution < 1.29 is 14.2 Å². The molecular formula is C26H31N3O4S. The molecule has 2 aromatic carbocycles. The van der Waals surface area contributed by atoms with Gasteiger partial charge in [0.15, 0.2) is 16.6 Å². The number of pyridine rings is 1. The Morgan fingerprint density at radius 2 is 1.91 bits per heavy atom. The predicted octanol–water partition coefficient (Wildman–Crippen LogP) is 3.71. The van der Waals surface area contributed by atoms with Gasteiger partial charge in [0.2, 0.25) is 0 Å². The molecule has 2 heterocycles. The lowest BCUT2D eigenvalue weighted by Gasteiger charge is -2.39. The van der Waals surface area contributed by atoms with Gasteiger partial charge in [0, 0.05) is 32.4 Å². The zero-order chi connectivity index (χ0) is 24.2. The molecule has 0 spiro atoms. The van der Waals surface area contributed by atoms with Gasteiger partial charge in [-0.3, -0.25) is 4.79 Å². The van der Waals surface area contributed by atoms with Crippen molar-refractivity contribution in [2.75, 3.05) is 41.0 Å². The van der Waals surface area contributed by atoms with Crippen molar-refractivity contribution in [3.05, 3.63) is 69.0 Å². The van der Waals surface area contributed by atoms with Crippen LogP contribution in [0.3, 0.4) is 0 Å². The molecule has 4 rings (SSSR count). The average Bonchev–Trinajstić information content (AvgIpc) is 2.85. The van der Waals surface area contributed by atoms with Crippen molar-refractivity contribution in [2.24, 2.45) is 0 Å². The second-order valence-corrected chi connectivity index (χ2v) is 8.81. The zero-order valence-corrected chi connectivity index (χ0v) is 20.9. The zero-order valence-electron chi connectivity index (χ0n) is 20.1. The topological polar surface area (TPSA) is 75.8 Å². The number of methoxy groups -OCH3 is 3. The van der Waals surface area contributed by atoms with Crippen LogP contribution in [0.4, 0.5) is 0 Å². The molecule has 1 aliphatic rings. The number of hydrogen-bond donors (Lipinski definition) is 2. The van der Waals surface area contributed by atoms with Crippen LogP contribution >= 0.6 is 12.2 Å². The summed E-state index contributed by atoms with van der Waals surface area (Å²) in [4.78, 5) is 18.6. The Morgan fingerprint density at radius 3 is 2.65 bits per heavy atom. The van der Waals surface area contributed by atoms with Crippen LogP contribution in [-0.2, 0) is 11.2 Å². The number of ether oxygens (including phenoxy) is 3. The van der Waals surface area contributed by atoms with Crippen LogP contribution in [0.1, 0.15) is 34.7 Å². The number of aromatic nitrogens is 1. The maximum absolute atomic E-state index is 13.4. The van der Waals surface area contributed by atoms with Crippen molar-refractivity contribution in [2.45, 2.75) is 25.8 Å². The molecule has 0 unspecified atom stereocenters. The van der Waals surface area contributed by atoms with Crippen LogP contribution in [0.15, 0.2) is 41.2 Å². The Hall–Kier alpha value is -3.10. The van der Waals surface area contributed by atoms with Crippen molar-refractivity contribution in [3.8, 4) is 11.5 Å². The number of para-hydroxylation sites is 1. The summed E-state index contributed by atoms with van der Waals surface area (Å²) in [5, 5.41) is 4.95. The second kappa shape index (κ2) is 10.4. The summed E-state index contributed by atoms with van der Waals surface area (Å²) in [6, 6.07) is 11.6. The van der Waals surface area contributed by atoms with Gasteiger partial charge in [-0.05, 0) is 72.3 Å². The van der Waals surface area contributed by atoms with Gasteiger partial charge in [0.1, 0.15) is 0 Å². The minimum absolute atomic E-state index is 0.124. The molecular weight excluding hydrogens is 450 g/mol. The van der Waals surface area contributed by atoms with Gasteiger partial charge >= 0.3 is 0 Å². The standard InChI is InChI=1S/C26H31N3O4S/c1-16-7-5-8-18-13-20(25(30)28-23(16)18)24-19-15-22(33-4)21(32-3)14-17(19)9-11-29(24)26(34)27-10-6-12-31-2/h5,7-8,13-15,24H,6,9-12H2,1-4H3,(H,27,34)(H,28,30)/t24-/m0/s1. The first kappa shape index (κ1) is 24.0. The first-order valence-electron chi connectivity index (χ1n) is 11.4. The molecule has 34 heavy (non-hydrogen) atoms. The molecule has 1 aromatic heterocycles. The number of aryl methyl sites for hydroxylation is 1. The Morgan fingerprint density at radius 1 is 1.15 bits per heavy atom. The fraction of sp³-hybridized carbons (Fsp3) is 0.385. The van der Waals surface area contributed by atoms with Gasteiger partial charge in [-0.25, -0.2) is 0 Å². The Labute approximate surface area is 205 Å². The summed E-state index contributed by atoms with van der Waals surface area (Å²) in [5.74, 6) is 1.30. The largest absolute Gasteiger partial charge is 0.493 e. The van der Waals surface area contributed by atoms with Gasteiger partial charge in [-0.1, -0.05) is 18.2 Å². The van der Waals surface area contributed by atoms with Crippen molar-refractivity contribution >= 4 is 28.2 Å². The predicted molar refractivity (Wildman–Crippen MR) is 138 cm³/mol. The third-order valence-corrected chi connectivity index (χ3v) is 6.73. The molecule has 1 atom stereocenters. The molecule has 0 radical (unpaired) electrons. The highest BCUT2D eigenvalue weighted by atomic mass is 32.1. The van der Waals surface area contributed by atoms with Gasteiger partial charge in [0.25, 0.3) is 5.56 Å². The van der Waals surface area contributed by atoms with Gasteiger partial charge in [-0.2, -0.15) is 0 Å². The first-order chi connectivity index (χ1) is 16.5. The van der Waals surface area contributed by atoms with Crippen molar-refractivity contribution in [1.82, 2.24) is 15.2 Å². The molecule has 2 N–H and O–H groups in total. The molecule has 0 saturated carbocycles. The van der Waals surface area contributed by atoms with Gasteiger partial charge in [-0.15, -0.1) is 0 Å². The minimum atomic E-state index is -0.361. The Balaban J connectivity index is 1.84. The van der Waals surface area contributed by atoms with E-state index in [1.165, 1.54) is 0 Å². The van der Waals surface area contributed by atoms with E-state index in [1.807, 2.05) is 43.3 Å². The summed E-state index contributed by atoms with van der Waals surface area (Å²) < 4.78 is 16.3. The summed E-state index contributed by atoms with van der Waals surface area (Å²) in [6.45, 7) is 4.02. The highest BCUT2D eigenvalue weighted by molar-refractivity contribution is 7.80. The molecule has 8 heteroatoms. The fourth-order valence-electron chi connectivity index (χ4n) is 4.62. The maximum atomic E-state index is 13.4. The molecule has 0 fully saturated rings. The molecule has 7 nitrogen and oxygen atoms in total. The van der Waals surface area contributed by atoms with E-state index in [-0.39, 0.29) is 11.6 Å². The van der Waals surface area contributed by atoms with E-state index in [4.69, 9.17) is 26.4 Å². The average molecular weight is 482 g/mol. The SMILES string of the molecule is COCCCNC(=S)N1CCc2cc(OC)c(OC)cc2[C@H]1c1cc2cccc(C)c2[nH]c1=O. The quantitative estimate of drug-likeness (QED) is 0.394. The van der Waals surface area contributed by atoms with E-state index in [9.17, 15) is 4.79 Å². The summed E-state index contributed by atoms with van der Waals surface area (Å²) in [7, 11) is 4.94. The summed E-state index contributed by atoms with van der Waals surface area (Å²) >= 11 is 5.81. The van der Waals surface area contributed by atoms with E-state index in [0.29, 0.717) is 41.9 Å². The summed E-state index contributed by atoms with van der Waals surface area (Å²) in [5.41, 5.74) is 4.51. The third-order valence-electron chi connectivity index (χ3n) is 6.35. The number of H-pyrrole nitrogens is 1. The summed E-state index contributed by atoms with van der Waals surface area (Å²) in [6.07, 6.45) is 1.61. The lowest BCUT2D eigenvalue weighted by atomic mass is 9.87. The van der Waals surface area contributed by atoms with Crippen LogP contribution in [-0.4, -0.2) is 56.0 Å². The number of nitrogens with zero attached hydrogens (tertiary/aromatic N) is 1. The van der Waals surface area contributed by atoms with E-state index >= 15 is 0 Å². The molecule has 3 aromatic rings. The minimum Gasteiger partial charge on any atom is -0.493 e. The molecule has 0 bridgehead atoms. The fourth-order valence-corrected chi connectivity index (χ4v) is 4.92. The first-order valence-corrected chi connectivity index (χ1v) is 11.8. The second-order valence-electron chi connectivity index (χ2n) is 8.42. The van der Waals surface area contributed by atoms with E-state index < -0.39 is 0 Å². The van der Waals surface area contributed by atoms with Crippen LogP contribution in [0.5, 0.6) is 11.5 Å². The lowest BCUT2D eigenvalue weighted by Crippen LogP contribution is -2.47. The highest BCUT2D eigenvalue weighted by Crippen LogP contribution is 2.40. The van der Waals surface area contributed by atoms with Crippen LogP contribution in [0, 0.1) is 6.92 Å². The molecule has 0 saturated heterocycles. The monoisotopic (exact) mass is 481 g/mol. The third kappa shape index (κ3) is 4.60. The number of rotatable bonds is 7. The van der Waals surface area contributed by atoms with Crippen molar-refractivity contribution in [3.63, 3.8) is 0 Å². The van der Waals surface area contributed by atoms with Crippen LogP contribution < -0.4 is 20.3 Å². The number of fused-ring (bicyclic) bond motifs is 2. The van der Waals surface area contributed by atoms with E-state index in [0.717, 1.165) is 40.4 Å². The highest BCUT2D eigenvalue weighted by Gasteiger charge is 2.33. The molecule has 180 valence electrons. The van der Waals surface area contributed by atoms with E-state index in [1.54, 1.807) is 21.3 Å². The maximum Gasteiger partial charge on any atom is 0.254 e. The van der Waals surface area contributed by atoms with Crippen LogP contribution in [0.25, 0.3) is 10.9 Å². The normalized spacial score (nSPS) is 15.2. The Kier molecular flexibility index (Phi) is 7.38. The van der Waals surface area contributed by atoms with Crippen molar-refractivity contribution in [1.29, 1.82) is 0 Å². The van der Waals surface area contributed by atoms with Crippen LogP contribution in [0.2, 0.25) is 0 Å². The molecule has 0 amide bonds. The molecule has 0 aliphatic carbocycles. The number of hydrogen-bond acceptors (Lipinski definition) is 5. The lowest BCUT2D eigenvalue weighted by molar-refractivity contribution is 0.195. The molecule has 1 aliphatic heterocycles. The number of benzene rings is 2. The van der Waals surface area contributed by atoms with Gasteiger partial charge in [0.05, 0.1) is 25.8 Å². The Bertz CT molecular complexity index is 1260. The smallest absolute Gasteiger partial charge is 0.254 e. The number of aromatic amines is 1. The number of thiocarbonyl (C=S) groups is 1.